The van der Waals surface area contributed by atoms with Gasteiger partial charge in [0.25, 0.3) is 5.91 Å². The van der Waals surface area contributed by atoms with Gasteiger partial charge in [0.05, 0.1) is 5.56 Å². The lowest BCUT2D eigenvalue weighted by Crippen LogP contribution is -2.56. The van der Waals surface area contributed by atoms with Crippen molar-refractivity contribution < 1.29 is 4.79 Å². The van der Waals surface area contributed by atoms with Crippen LogP contribution in [0, 0.1) is 23.2 Å². The lowest BCUT2D eigenvalue weighted by Gasteiger charge is -2.59. The molecule has 0 aromatic carbocycles. The number of nitrogens with one attached hydrogen (secondary N) is 1. The Morgan fingerprint density at radius 2 is 1.91 bits per heavy atom. The van der Waals surface area contributed by atoms with Gasteiger partial charge in [-0.2, -0.15) is 0 Å². The topological polar surface area (TPSA) is 42.0 Å². The van der Waals surface area contributed by atoms with Gasteiger partial charge in [-0.05, 0) is 80.2 Å². The number of carbonyl (C=O) groups is 1. The second-order valence-corrected chi connectivity index (χ2v) is 7.96. The van der Waals surface area contributed by atoms with E-state index in [9.17, 15) is 4.79 Å². The minimum Gasteiger partial charge on any atom is -0.349 e. The molecular weight excluding hydrogens is 272 g/mol. The van der Waals surface area contributed by atoms with Crippen LogP contribution in [0.2, 0.25) is 0 Å². The molecule has 1 heterocycles. The lowest BCUT2D eigenvalue weighted by molar-refractivity contribution is -0.0727. The summed E-state index contributed by atoms with van der Waals surface area (Å²) in [5.74, 6) is 2.83. The number of carbonyl (C=O) groups excluding carboxylic acids is 1. The van der Waals surface area contributed by atoms with Crippen LogP contribution in [0.15, 0.2) is 24.5 Å². The number of nitrogens with zero attached hydrogens (tertiary/aromatic N) is 1. The van der Waals surface area contributed by atoms with E-state index in [4.69, 9.17) is 0 Å². The van der Waals surface area contributed by atoms with E-state index in [2.05, 4.69) is 17.2 Å². The minimum absolute atomic E-state index is 0.0516. The first-order valence-electron chi connectivity index (χ1n) is 8.89. The highest BCUT2D eigenvalue weighted by Crippen LogP contribution is 2.61. The summed E-state index contributed by atoms with van der Waals surface area (Å²) in [5, 5.41) is 3.36. The van der Waals surface area contributed by atoms with Crippen molar-refractivity contribution in [1.82, 2.24) is 10.3 Å². The van der Waals surface area contributed by atoms with Gasteiger partial charge in [0.2, 0.25) is 0 Å². The molecule has 4 aliphatic rings. The minimum atomic E-state index is 0.0516. The molecule has 1 N–H and O–H groups in total. The van der Waals surface area contributed by atoms with E-state index in [0.717, 1.165) is 24.2 Å². The van der Waals surface area contributed by atoms with Gasteiger partial charge in [0.15, 0.2) is 0 Å². The van der Waals surface area contributed by atoms with Crippen LogP contribution in [0.25, 0.3) is 0 Å². The van der Waals surface area contributed by atoms with Gasteiger partial charge in [-0.25, -0.2) is 0 Å². The maximum atomic E-state index is 12.6. The molecule has 3 heteroatoms. The Morgan fingerprint density at radius 3 is 2.41 bits per heavy atom. The number of hydrogen-bond acceptors (Lipinski definition) is 2. The van der Waals surface area contributed by atoms with Crippen molar-refractivity contribution in [3.05, 3.63) is 30.1 Å². The highest BCUT2D eigenvalue weighted by Gasteiger charge is 2.54. The number of aromatic nitrogens is 1. The maximum Gasteiger partial charge on any atom is 0.253 e. The number of pyridine rings is 1. The Labute approximate surface area is 132 Å². The summed E-state index contributed by atoms with van der Waals surface area (Å²) in [4.78, 5) is 16.6. The molecule has 4 aliphatic carbocycles. The summed E-state index contributed by atoms with van der Waals surface area (Å²) in [6, 6.07) is 4.02. The molecule has 4 fully saturated rings. The van der Waals surface area contributed by atoms with Crippen LogP contribution < -0.4 is 5.32 Å². The fraction of sp³-hybridized carbons (Fsp3) is 0.684. The highest BCUT2D eigenvalue weighted by atomic mass is 16.1. The van der Waals surface area contributed by atoms with E-state index in [1.165, 1.54) is 38.5 Å². The van der Waals surface area contributed by atoms with Gasteiger partial charge in [0.1, 0.15) is 0 Å². The molecule has 0 aliphatic heterocycles. The second-order valence-electron chi connectivity index (χ2n) is 7.96. The van der Waals surface area contributed by atoms with Crippen LogP contribution >= 0.6 is 0 Å². The standard InChI is InChI=1S/C19H26N2O/c1-2-17(21-18(22)16-4-3-5-20-12-16)19-9-13-6-14(10-19)8-15(7-13)11-19/h3-5,12-15,17H,2,6-11H2,1H3,(H,21,22)/t13?,14?,15?,17-,19?/m1/s1. The first kappa shape index (κ1) is 14.2. The zero-order valence-corrected chi connectivity index (χ0v) is 13.4. The Kier molecular flexibility index (Phi) is 3.47. The van der Waals surface area contributed by atoms with Gasteiger partial charge in [-0.1, -0.05) is 6.92 Å². The Hall–Kier alpha value is -1.38. The van der Waals surface area contributed by atoms with Gasteiger partial charge in [-0.15, -0.1) is 0 Å². The van der Waals surface area contributed by atoms with Crippen LogP contribution in [0.5, 0.6) is 0 Å². The quantitative estimate of drug-likeness (QED) is 0.918. The van der Waals surface area contributed by atoms with E-state index >= 15 is 0 Å². The molecule has 0 unspecified atom stereocenters. The molecule has 4 saturated carbocycles. The first-order chi connectivity index (χ1) is 10.7. The van der Waals surface area contributed by atoms with Crippen molar-refractivity contribution in [3.63, 3.8) is 0 Å². The average molecular weight is 298 g/mol. The molecule has 22 heavy (non-hydrogen) atoms. The van der Waals surface area contributed by atoms with Gasteiger partial charge in [-0.3, -0.25) is 9.78 Å². The predicted molar refractivity (Wildman–Crippen MR) is 86.4 cm³/mol. The van der Waals surface area contributed by atoms with Gasteiger partial charge in [0, 0.05) is 18.4 Å². The monoisotopic (exact) mass is 298 g/mol. The van der Waals surface area contributed by atoms with Crippen molar-refractivity contribution in [3.8, 4) is 0 Å². The van der Waals surface area contributed by atoms with E-state index in [1.54, 1.807) is 12.4 Å². The fourth-order valence-electron chi connectivity index (χ4n) is 6.03. The summed E-state index contributed by atoms with van der Waals surface area (Å²) < 4.78 is 0. The third-order valence-corrected chi connectivity index (χ3v) is 6.46. The molecule has 0 radical (unpaired) electrons. The second kappa shape index (κ2) is 5.36. The van der Waals surface area contributed by atoms with Crippen LogP contribution in [0.3, 0.4) is 0 Å². The third-order valence-electron chi connectivity index (χ3n) is 6.46. The molecule has 3 nitrogen and oxygen atoms in total. The Morgan fingerprint density at radius 1 is 1.27 bits per heavy atom. The molecule has 1 aromatic heterocycles. The van der Waals surface area contributed by atoms with Crippen molar-refractivity contribution >= 4 is 5.91 Å². The van der Waals surface area contributed by atoms with Gasteiger partial charge >= 0.3 is 0 Å². The summed E-state index contributed by atoms with van der Waals surface area (Å²) in [6.07, 6.45) is 12.8. The SMILES string of the molecule is CC[C@@H](NC(=O)c1cccnc1)C12CC3CC(CC(C3)C1)C2. The normalized spacial score (nSPS) is 37.0. The lowest BCUT2D eigenvalue weighted by atomic mass is 9.47. The Bertz CT molecular complexity index is 519. The number of amides is 1. The molecule has 0 spiro atoms. The maximum absolute atomic E-state index is 12.6. The smallest absolute Gasteiger partial charge is 0.253 e. The van der Waals surface area contributed by atoms with Crippen molar-refractivity contribution in [2.24, 2.45) is 23.2 Å². The molecule has 1 atom stereocenters. The molecule has 4 bridgehead atoms. The summed E-state index contributed by atoms with van der Waals surface area (Å²) >= 11 is 0. The van der Waals surface area contributed by atoms with Crippen LogP contribution in [0.4, 0.5) is 0 Å². The summed E-state index contributed by atoms with van der Waals surface area (Å²) in [5.41, 5.74) is 1.06. The van der Waals surface area contributed by atoms with Gasteiger partial charge < -0.3 is 5.32 Å². The highest BCUT2D eigenvalue weighted by molar-refractivity contribution is 5.94. The van der Waals surface area contributed by atoms with Crippen LogP contribution in [-0.2, 0) is 0 Å². The van der Waals surface area contributed by atoms with E-state index in [0.29, 0.717) is 17.0 Å². The average Bonchev–Trinajstić information content (AvgIpc) is 2.51. The van der Waals surface area contributed by atoms with Crippen molar-refractivity contribution in [2.45, 2.75) is 57.9 Å². The molecule has 1 aromatic rings. The zero-order valence-electron chi connectivity index (χ0n) is 13.4. The summed E-state index contributed by atoms with van der Waals surface area (Å²) in [7, 11) is 0. The van der Waals surface area contributed by atoms with Crippen molar-refractivity contribution in [2.75, 3.05) is 0 Å². The fourth-order valence-corrected chi connectivity index (χ4v) is 6.03. The predicted octanol–water partition coefficient (Wildman–Crippen LogP) is 3.81. The Balaban J connectivity index is 1.53. The number of rotatable bonds is 4. The third kappa shape index (κ3) is 2.35. The largest absolute Gasteiger partial charge is 0.349 e. The van der Waals surface area contributed by atoms with E-state index in [1.807, 2.05) is 12.1 Å². The van der Waals surface area contributed by atoms with Crippen molar-refractivity contribution in [1.29, 1.82) is 0 Å². The van der Waals surface area contributed by atoms with Crippen LogP contribution in [0.1, 0.15) is 62.2 Å². The molecule has 118 valence electrons. The zero-order chi connectivity index (χ0) is 15.2. The van der Waals surface area contributed by atoms with E-state index < -0.39 is 0 Å². The summed E-state index contributed by atoms with van der Waals surface area (Å²) in [6.45, 7) is 2.23. The van der Waals surface area contributed by atoms with E-state index in [-0.39, 0.29) is 5.91 Å². The molecule has 0 saturated heterocycles. The van der Waals surface area contributed by atoms with Crippen LogP contribution in [-0.4, -0.2) is 16.9 Å². The first-order valence-corrected chi connectivity index (χ1v) is 8.89. The molecule has 1 amide bonds. The molecule has 5 rings (SSSR count). The molecular formula is C19H26N2O. The number of hydrogen-bond donors (Lipinski definition) is 1.